The molecule has 1 N–H and O–H groups in total. The van der Waals surface area contributed by atoms with E-state index in [1.165, 1.54) is 6.08 Å². The molecule has 0 saturated heterocycles. The SMILES string of the molecule is Cc1nn(Cc2ccc(Cl)cc2)c(Cl)c1/C=C/C(=O)N[C@H](c1ccc2c(c1)OCCCO2)C(C)C. The van der Waals surface area contributed by atoms with Gasteiger partial charge in [0.05, 0.1) is 31.5 Å². The molecule has 2 heterocycles. The van der Waals surface area contributed by atoms with E-state index in [4.69, 9.17) is 32.7 Å². The summed E-state index contributed by atoms with van der Waals surface area (Å²) in [5.41, 5.74) is 3.46. The van der Waals surface area contributed by atoms with Gasteiger partial charge in [-0.15, -0.1) is 0 Å². The molecule has 0 saturated carbocycles. The first kappa shape index (κ1) is 25.1. The van der Waals surface area contributed by atoms with Crippen LogP contribution in [-0.4, -0.2) is 28.9 Å². The minimum Gasteiger partial charge on any atom is -0.490 e. The molecule has 4 rings (SSSR count). The maximum absolute atomic E-state index is 12.9. The third kappa shape index (κ3) is 6.19. The highest BCUT2D eigenvalue weighted by atomic mass is 35.5. The van der Waals surface area contributed by atoms with Crippen molar-refractivity contribution in [1.82, 2.24) is 15.1 Å². The lowest BCUT2D eigenvalue weighted by Crippen LogP contribution is -2.30. The van der Waals surface area contributed by atoms with Crippen molar-refractivity contribution in [3.8, 4) is 11.5 Å². The lowest BCUT2D eigenvalue weighted by atomic mass is 9.95. The summed E-state index contributed by atoms with van der Waals surface area (Å²) < 4.78 is 13.3. The molecule has 0 spiro atoms. The maximum Gasteiger partial charge on any atom is 0.244 e. The number of ether oxygens (including phenoxy) is 2. The third-order valence-corrected chi connectivity index (χ3v) is 6.50. The van der Waals surface area contributed by atoms with Crippen molar-refractivity contribution in [1.29, 1.82) is 0 Å². The van der Waals surface area contributed by atoms with E-state index in [9.17, 15) is 4.79 Å². The Morgan fingerprint density at radius 2 is 1.83 bits per heavy atom. The molecule has 0 aliphatic carbocycles. The van der Waals surface area contributed by atoms with Gasteiger partial charge in [-0.1, -0.05) is 55.2 Å². The Kier molecular flexibility index (Phi) is 8.04. The van der Waals surface area contributed by atoms with Crippen LogP contribution in [0.4, 0.5) is 0 Å². The van der Waals surface area contributed by atoms with Gasteiger partial charge in [0.2, 0.25) is 5.91 Å². The van der Waals surface area contributed by atoms with Crippen molar-refractivity contribution in [2.45, 2.75) is 39.8 Å². The quantitative estimate of drug-likeness (QED) is 0.380. The van der Waals surface area contributed by atoms with Crippen molar-refractivity contribution >= 4 is 35.2 Å². The summed E-state index contributed by atoms with van der Waals surface area (Å²) in [5.74, 6) is 1.41. The van der Waals surface area contributed by atoms with Gasteiger partial charge in [0.1, 0.15) is 5.15 Å². The normalized spacial score (nSPS) is 14.2. The zero-order valence-corrected chi connectivity index (χ0v) is 21.6. The molecule has 184 valence electrons. The number of halogens is 2. The summed E-state index contributed by atoms with van der Waals surface area (Å²) in [6.07, 6.45) is 4.06. The van der Waals surface area contributed by atoms with Crippen LogP contribution in [0.1, 0.15) is 48.7 Å². The number of aromatic nitrogens is 2. The van der Waals surface area contributed by atoms with Gasteiger partial charge >= 0.3 is 0 Å². The van der Waals surface area contributed by atoms with E-state index in [0.717, 1.165) is 29.0 Å². The Hall–Kier alpha value is -2.96. The molecule has 2 aromatic carbocycles. The molecule has 1 aliphatic rings. The number of nitrogens with one attached hydrogen (secondary N) is 1. The topological polar surface area (TPSA) is 65.4 Å². The van der Waals surface area contributed by atoms with E-state index in [0.29, 0.717) is 41.2 Å². The smallest absolute Gasteiger partial charge is 0.244 e. The Morgan fingerprint density at radius 1 is 1.11 bits per heavy atom. The van der Waals surface area contributed by atoms with Crippen LogP contribution >= 0.6 is 23.2 Å². The predicted octanol–water partition coefficient (Wildman–Crippen LogP) is 6.23. The van der Waals surface area contributed by atoms with E-state index >= 15 is 0 Å². The molecule has 1 aromatic heterocycles. The second-order valence-corrected chi connectivity index (χ2v) is 9.69. The number of fused-ring (bicyclic) bond motifs is 1. The van der Waals surface area contributed by atoms with Crippen molar-refractivity contribution in [3.05, 3.63) is 81.1 Å². The van der Waals surface area contributed by atoms with Gasteiger partial charge in [-0.3, -0.25) is 4.79 Å². The average Bonchev–Trinajstić information content (AvgIpc) is 2.98. The molecular formula is C27H29Cl2N3O3. The van der Waals surface area contributed by atoms with Crippen LogP contribution in [0, 0.1) is 12.8 Å². The average molecular weight is 514 g/mol. The van der Waals surface area contributed by atoms with Crippen LogP contribution < -0.4 is 14.8 Å². The largest absolute Gasteiger partial charge is 0.490 e. The number of aryl methyl sites for hydroxylation is 1. The number of benzene rings is 2. The van der Waals surface area contributed by atoms with Crippen LogP contribution in [0.25, 0.3) is 6.08 Å². The number of hydrogen-bond donors (Lipinski definition) is 1. The van der Waals surface area contributed by atoms with Gasteiger partial charge in [0.25, 0.3) is 0 Å². The molecule has 1 atom stereocenters. The minimum absolute atomic E-state index is 0.171. The summed E-state index contributed by atoms with van der Waals surface area (Å²) in [4.78, 5) is 12.9. The van der Waals surface area contributed by atoms with E-state index in [2.05, 4.69) is 24.3 Å². The monoisotopic (exact) mass is 513 g/mol. The number of amides is 1. The number of nitrogens with zero attached hydrogens (tertiary/aromatic N) is 2. The van der Waals surface area contributed by atoms with Crippen molar-refractivity contribution in [2.24, 2.45) is 5.92 Å². The molecule has 35 heavy (non-hydrogen) atoms. The molecule has 6 nitrogen and oxygen atoms in total. The van der Waals surface area contributed by atoms with E-state index in [1.807, 2.05) is 49.4 Å². The van der Waals surface area contributed by atoms with E-state index in [1.54, 1.807) is 10.8 Å². The fraction of sp³-hybridized carbons (Fsp3) is 0.333. The van der Waals surface area contributed by atoms with E-state index < -0.39 is 0 Å². The van der Waals surface area contributed by atoms with E-state index in [-0.39, 0.29) is 17.9 Å². The highest BCUT2D eigenvalue weighted by molar-refractivity contribution is 6.31. The first-order valence-corrected chi connectivity index (χ1v) is 12.4. The number of carbonyl (C=O) groups excluding carboxylic acids is 1. The number of carbonyl (C=O) groups is 1. The van der Waals surface area contributed by atoms with Gasteiger partial charge in [-0.2, -0.15) is 5.10 Å². The number of rotatable bonds is 7. The second kappa shape index (κ2) is 11.2. The van der Waals surface area contributed by atoms with Crippen LogP contribution in [0.15, 0.2) is 48.5 Å². The van der Waals surface area contributed by atoms with Crippen LogP contribution in [-0.2, 0) is 11.3 Å². The Bertz CT molecular complexity index is 1220. The molecular weight excluding hydrogens is 485 g/mol. The van der Waals surface area contributed by atoms with Gasteiger partial charge in [0, 0.05) is 23.1 Å². The predicted molar refractivity (Wildman–Crippen MR) is 139 cm³/mol. The molecule has 1 amide bonds. The third-order valence-electron chi connectivity index (χ3n) is 5.85. The molecule has 0 unspecified atom stereocenters. The summed E-state index contributed by atoms with van der Waals surface area (Å²) in [7, 11) is 0. The van der Waals surface area contributed by atoms with Crippen molar-refractivity contribution in [2.75, 3.05) is 13.2 Å². The minimum atomic E-state index is -0.211. The van der Waals surface area contributed by atoms with Crippen LogP contribution in [0.2, 0.25) is 10.2 Å². The fourth-order valence-electron chi connectivity index (χ4n) is 3.99. The maximum atomic E-state index is 12.9. The highest BCUT2D eigenvalue weighted by Crippen LogP contribution is 2.34. The number of hydrogen-bond acceptors (Lipinski definition) is 4. The Balaban J connectivity index is 1.47. The summed E-state index contributed by atoms with van der Waals surface area (Å²) in [6.45, 7) is 7.77. The van der Waals surface area contributed by atoms with Crippen molar-refractivity contribution < 1.29 is 14.3 Å². The molecule has 0 bridgehead atoms. The first-order valence-electron chi connectivity index (χ1n) is 11.7. The van der Waals surface area contributed by atoms with Crippen LogP contribution in [0.5, 0.6) is 11.5 Å². The zero-order chi connectivity index (χ0) is 24.9. The van der Waals surface area contributed by atoms with Crippen molar-refractivity contribution in [3.63, 3.8) is 0 Å². The summed E-state index contributed by atoms with van der Waals surface area (Å²) >= 11 is 12.6. The lowest BCUT2D eigenvalue weighted by molar-refractivity contribution is -0.117. The van der Waals surface area contributed by atoms with Crippen LogP contribution in [0.3, 0.4) is 0 Å². The van der Waals surface area contributed by atoms with Gasteiger partial charge in [-0.05, 0) is 54.3 Å². The first-order chi connectivity index (χ1) is 16.8. The standard InChI is InChI=1S/C27H29Cl2N3O3/c1-17(2)26(20-7-11-23-24(15-20)35-14-4-13-34-23)30-25(33)12-10-22-18(3)31-32(27(22)29)16-19-5-8-21(28)9-6-19/h5-12,15,17,26H,4,13-14,16H2,1-3H3,(H,30,33)/b12-10+/t26-/m0/s1. The van der Waals surface area contributed by atoms with Gasteiger partial charge < -0.3 is 14.8 Å². The molecule has 1 aliphatic heterocycles. The molecule has 8 heteroatoms. The molecule has 0 radical (unpaired) electrons. The lowest BCUT2D eigenvalue weighted by Gasteiger charge is -2.23. The summed E-state index contributed by atoms with van der Waals surface area (Å²) in [5, 5.41) is 8.80. The highest BCUT2D eigenvalue weighted by Gasteiger charge is 2.21. The molecule has 0 fully saturated rings. The second-order valence-electron chi connectivity index (χ2n) is 8.89. The Morgan fingerprint density at radius 3 is 2.54 bits per heavy atom. The molecule has 3 aromatic rings. The zero-order valence-electron chi connectivity index (χ0n) is 20.1. The van der Waals surface area contributed by atoms with Gasteiger partial charge in [-0.25, -0.2) is 4.68 Å². The Labute approximate surface area is 215 Å². The van der Waals surface area contributed by atoms with Gasteiger partial charge in [0.15, 0.2) is 11.5 Å². The summed E-state index contributed by atoms with van der Waals surface area (Å²) in [6, 6.07) is 13.2. The fourth-order valence-corrected chi connectivity index (χ4v) is 4.42.